The van der Waals surface area contributed by atoms with Crippen molar-refractivity contribution in [3.05, 3.63) is 29.1 Å². The number of aryl methyl sites for hydroxylation is 1. The molecule has 3 nitrogen and oxygen atoms in total. The van der Waals surface area contributed by atoms with Crippen LogP contribution in [-0.2, 0) is 0 Å². The topological polar surface area (TPSA) is 18.5 Å². The second-order valence-corrected chi connectivity index (χ2v) is 6.42. The van der Waals surface area contributed by atoms with E-state index in [2.05, 4.69) is 36.1 Å². The Morgan fingerprint density at radius 3 is 2.76 bits per heavy atom. The molecule has 1 aromatic rings. The molecule has 118 valence electrons. The second-order valence-electron chi connectivity index (χ2n) is 6.42. The molecule has 2 rings (SSSR count). The van der Waals surface area contributed by atoms with Crippen LogP contribution >= 0.6 is 0 Å². The van der Waals surface area contributed by atoms with Crippen molar-refractivity contribution in [2.75, 3.05) is 39.1 Å². The number of hydrogen-bond donors (Lipinski definition) is 1. The van der Waals surface area contributed by atoms with Gasteiger partial charge in [-0.1, -0.05) is 0 Å². The predicted octanol–water partition coefficient (Wildman–Crippen LogP) is 2.94. The van der Waals surface area contributed by atoms with Gasteiger partial charge in [-0.05, 0) is 71.1 Å². The molecule has 0 amide bonds. The molecular formula is C17H28FN3. The fraction of sp³-hybridized carbons (Fsp3) is 0.647. The molecule has 1 fully saturated rings. The van der Waals surface area contributed by atoms with E-state index in [4.69, 9.17) is 0 Å². The summed E-state index contributed by atoms with van der Waals surface area (Å²) in [4.78, 5) is 4.70. The van der Waals surface area contributed by atoms with Crippen molar-refractivity contribution >= 4 is 5.69 Å². The Bertz CT molecular complexity index is 487. The highest BCUT2D eigenvalue weighted by molar-refractivity contribution is 5.58. The van der Waals surface area contributed by atoms with Crippen LogP contribution in [0.5, 0.6) is 0 Å². The molecule has 21 heavy (non-hydrogen) atoms. The third-order valence-corrected chi connectivity index (χ3v) is 4.47. The van der Waals surface area contributed by atoms with E-state index in [9.17, 15) is 4.39 Å². The van der Waals surface area contributed by atoms with E-state index < -0.39 is 0 Å². The van der Waals surface area contributed by atoms with Gasteiger partial charge in [0.05, 0.1) is 0 Å². The lowest BCUT2D eigenvalue weighted by molar-refractivity contribution is 0.371. The molecule has 0 spiro atoms. The Balaban J connectivity index is 2.39. The SMILES string of the molecule is CNC(C)c1cc(F)c(C)cc1N1CCCC1CN(C)C. The lowest BCUT2D eigenvalue weighted by atomic mass is 10.0. The maximum Gasteiger partial charge on any atom is 0.126 e. The van der Waals surface area contributed by atoms with Crippen molar-refractivity contribution in [1.82, 2.24) is 10.2 Å². The third kappa shape index (κ3) is 3.55. The molecular weight excluding hydrogens is 265 g/mol. The summed E-state index contributed by atoms with van der Waals surface area (Å²) >= 11 is 0. The molecule has 1 aliphatic rings. The van der Waals surface area contributed by atoms with E-state index in [1.165, 1.54) is 18.5 Å². The summed E-state index contributed by atoms with van der Waals surface area (Å²) in [5.74, 6) is -0.112. The fourth-order valence-electron chi connectivity index (χ4n) is 3.20. The van der Waals surface area contributed by atoms with Crippen molar-refractivity contribution in [2.45, 2.75) is 38.8 Å². The van der Waals surface area contributed by atoms with Gasteiger partial charge in [0.1, 0.15) is 5.82 Å². The van der Waals surface area contributed by atoms with E-state index >= 15 is 0 Å². The number of likely N-dealkylation sites (N-methyl/N-ethyl adjacent to an activating group) is 1. The van der Waals surface area contributed by atoms with Gasteiger partial charge in [0.15, 0.2) is 0 Å². The van der Waals surface area contributed by atoms with Crippen LogP contribution < -0.4 is 10.2 Å². The summed E-state index contributed by atoms with van der Waals surface area (Å²) in [5, 5.41) is 3.24. The summed E-state index contributed by atoms with van der Waals surface area (Å²) in [6.07, 6.45) is 2.42. The number of benzene rings is 1. The van der Waals surface area contributed by atoms with Crippen molar-refractivity contribution in [1.29, 1.82) is 0 Å². The quantitative estimate of drug-likeness (QED) is 0.900. The van der Waals surface area contributed by atoms with Crippen LogP contribution in [0.3, 0.4) is 0 Å². The molecule has 1 aromatic carbocycles. The number of halogens is 1. The Hall–Kier alpha value is -1.13. The molecule has 2 unspecified atom stereocenters. The van der Waals surface area contributed by atoms with Crippen LogP contribution in [0.4, 0.5) is 10.1 Å². The Morgan fingerprint density at radius 1 is 1.43 bits per heavy atom. The summed E-state index contributed by atoms with van der Waals surface area (Å²) in [5.41, 5.74) is 2.99. The van der Waals surface area contributed by atoms with Crippen LogP contribution in [0.1, 0.15) is 36.9 Å². The number of nitrogens with zero attached hydrogens (tertiary/aromatic N) is 2. The van der Waals surface area contributed by atoms with Gasteiger partial charge in [0.2, 0.25) is 0 Å². The molecule has 1 heterocycles. The normalized spacial score (nSPS) is 20.3. The molecule has 1 N–H and O–H groups in total. The molecule has 2 atom stereocenters. The van der Waals surface area contributed by atoms with Gasteiger partial charge in [-0.25, -0.2) is 4.39 Å². The van der Waals surface area contributed by atoms with Gasteiger partial charge < -0.3 is 15.1 Å². The second kappa shape index (κ2) is 6.75. The van der Waals surface area contributed by atoms with Crippen molar-refractivity contribution in [2.24, 2.45) is 0 Å². The Labute approximate surface area is 128 Å². The first-order valence-electron chi connectivity index (χ1n) is 7.82. The molecule has 0 aromatic heterocycles. The highest BCUT2D eigenvalue weighted by Crippen LogP contribution is 2.34. The highest BCUT2D eigenvalue weighted by Gasteiger charge is 2.28. The standard InChI is InChI=1S/C17H28FN3/c1-12-9-17(15(10-16(12)18)13(2)19-3)21-8-6-7-14(21)11-20(4)5/h9-10,13-14,19H,6-8,11H2,1-5H3. The highest BCUT2D eigenvalue weighted by atomic mass is 19.1. The number of nitrogens with one attached hydrogen (secondary N) is 1. The van der Waals surface area contributed by atoms with E-state index in [0.717, 1.165) is 24.2 Å². The average molecular weight is 293 g/mol. The van der Waals surface area contributed by atoms with Crippen molar-refractivity contribution in [3.63, 3.8) is 0 Å². The molecule has 0 saturated carbocycles. The zero-order chi connectivity index (χ0) is 15.6. The zero-order valence-corrected chi connectivity index (χ0v) is 13.9. The van der Waals surface area contributed by atoms with E-state index in [1.807, 2.05) is 20.0 Å². The molecule has 4 heteroatoms. The maximum absolute atomic E-state index is 14.0. The molecule has 1 saturated heterocycles. The predicted molar refractivity (Wildman–Crippen MR) is 87.5 cm³/mol. The summed E-state index contributed by atoms with van der Waals surface area (Å²) in [6, 6.07) is 4.40. The first-order chi connectivity index (χ1) is 9.93. The maximum atomic E-state index is 14.0. The minimum atomic E-state index is -0.112. The first-order valence-corrected chi connectivity index (χ1v) is 7.82. The molecule has 0 radical (unpaired) electrons. The van der Waals surface area contributed by atoms with Crippen LogP contribution in [0.25, 0.3) is 0 Å². The van der Waals surface area contributed by atoms with Gasteiger partial charge >= 0.3 is 0 Å². The first kappa shape index (κ1) is 16.2. The van der Waals surface area contributed by atoms with Crippen LogP contribution in [-0.4, -0.2) is 45.2 Å². The van der Waals surface area contributed by atoms with Crippen LogP contribution in [0, 0.1) is 12.7 Å². The van der Waals surface area contributed by atoms with Gasteiger partial charge in [-0.15, -0.1) is 0 Å². The molecule has 1 aliphatic heterocycles. The lowest BCUT2D eigenvalue weighted by Gasteiger charge is -2.32. The zero-order valence-electron chi connectivity index (χ0n) is 13.9. The molecule has 0 aliphatic carbocycles. The fourth-order valence-corrected chi connectivity index (χ4v) is 3.20. The van der Waals surface area contributed by atoms with Crippen molar-refractivity contribution < 1.29 is 4.39 Å². The minimum Gasteiger partial charge on any atom is -0.367 e. The largest absolute Gasteiger partial charge is 0.367 e. The smallest absolute Gasteiger partial charge is 0.126 e. The van der Waals surface area contributed by atoms with E-state index in [-0.39, 0.29) is 11.9 Å². The summed E-state index contributed by atoms with van der Waals surface area (Å²) in [7, 11) is 6.15. The Morgan fingerprint density at radius 2 is 2.14 bits per heavy atom. The number of anilines is 1. The van der Waals surface area contributed by atoms with E-state index in [0.29, 0.717) is 6.04 Å². The average Bonchev–Trinajstić information content (AvgIpc) is 2.87. The third-order valence-electron chi connectivity index (χ3n) is 4.47. The summed E-state index contributed by atoms with van der Waals surface area (Å²) < 4.78 is 14.0. The lowest BCUT2D eigenvalue weighted by Crippen LogP contribution is -2.38. The van der Waals surface area contributed by atoms with Crippen LogP contribution in [0.15, 0.2) is 12.1 Å². The monoisotopic (exact) mass is 293 g/mol. The van der Waals surface area contributed by atoms with Gasteiger partial charge in [-0.3, -0.25) is 0 Å². The number of rotatable bonds is 5. The van der Waals surface area contributed by atoms with Gasteiger partial charge in [-0.2, -0.15) is 0 Å². The van der Waals surface area contributed by atoms with Crippen molar-refractivity contribution in [3.8, 4) is 0 Å². The van der Waals surface area contributed by atoms with Gasteiger partial charge in [0, 0.05) is 30.9 Å². The van der Waals surface area contributed by atoms with Gasteiger partial charge in [0.25, 0.3) is 0 Å². The number of hydrogen-bond acceptors (Lipinski definition) is 3. The summed E-state index contributed by atoms with van der Waals surface area (Å²) in [6.45, 7) is 6.05. The minimum absolute atomic E-state index is 0.112. The van der Waals surface area contributed by atoms with E-state index in [1.54, 1.807) is 6.07 Å². The Kier molecular flexibility index (Phi) is 5.22. The van der Waals surface area contributed by atoms with Crippen LogP contribution in [0.2, 0.25) is 0 Å². The molecule has 0 bridgehead atoms.